The summed E-state index contributed by atoms with van der Waals surface area (Å²) in [5.74, 6) is -0.847. The Hall–Kier alpha value is 0.300. The second-order valence-corrected chi connectivity index (χ2v) is 3.26. The summed E-state index contributed by atoms with van der Waals surface area (Å²) in [7, 11) is 0. The zero-order chi connectivity index (χ0) is 8.31. The van der Waals surface area contributed by atoms with Gasteiger partial charge in [0.2, 0.25) is 5.91 Å². The number of nitrogens with two attached hydrogens (primary N) is 1. The Balaban J connectivity index is 3.94. The summed E-state index contributed by atoms with van der Waals surface area (Å²) >= 11 is 15.6. The first-order valence-electron chi connectivity index (χ1n) is 2.36. The van der Waals surface area contributed by atoms with Crippen molar-refractivity contribution < 1.29 is 9.90 Å². The van der Waals surface area contributed by atoms with Gasteiger partial charge in [-0.15, -0.1) is 34.8 Å². The minimum atomic E-state index is -1.32. The van der Waals surface area contributed by atoms with Gasteiger partial charge in [-0.25, -0.2) is 0 Å². The van der Waals surface area contributed by atoms with E-state index in [2.05, 4.69) is 0 Å². The normalized spacial score (nSPS) is 16.9. The van der Waals surface area contributed by atoms with E-state index in [9.17, 15) is 4.79 Å². The minimum Gasteiger partial charge on any atom is -0.388 e. The molecule has 1 amide bonds. The third kappa shape index (κ3) is 2.92. The standard InChI is InChI=1S/C4H6Cl3NO2/c5-1(4(8)10)2(9)3(6)7/h1-3,9H,(H2,8,10). The summed E-state index contributed by atoms with van der Waals surface area (Å²) in [5.41, 5.74) is 4.73. The molecule has 0 aliphatic carbocycles. The number of aliphatic hydroxyl groups is 1. The van der Waals surface area contributed by atoms with Crippen LogP contribution in [0.5, 0.6) is 0 Å². The van der Waals surface area contributed by atoms with Crippen LogP contribution in [-0.2, 0) is 4.79 Å². The highest BCUT2D eigenvalue weighted by Gasteiger charge is 2.27. The largest absolute Gasteiger partial charge is 0.388 e. The van der Waals surface area contributed by atoms with E-state index >= 15 is 0 Å². The molecule has 0 aliphatic rings. The van der Waals surface area contributed by atoms with Crippen LogP contribution in [0.1, 0.15) is 0 Å². The molecule has 0 bridgehead atoms. The van der Waals surface area contributed by atoms with Gasteiger partial charge in [-0.2, -0.15) is 0 Å². The molecule has 60 valence electrons. The molecule has 3 nitrogen and oxygen atoms in total. The van der Waals surface area contributed by atoms with E-state index < -0.39 is 22.2 Å². The summed E-state index contributed by atoms with van der Waals surface area (Å²) in [4.78, 5) is 9.16. The number of carbonyl (C=O) groups excluding carboxylic acids is 1. The van der Waals surface area contributed by atoms with Crippen LogP contribution in [0.25, 0.3) is 0 Å². The van der Waals surface area contributed by atoms with Gasteiger partial charge < -0.3 is 10.8 Å². The van der Waals surface area contributed by atoms with Crippen LogP contribution < -0.4 is 5.73 Å². The van der Waals surface area contributed by atoms with Gasteiger partial charge in [0.05, 0.1) is 0 Å². The molecule has 2 atom stereocenters. The van der Waals surface area contributed by atoms with Crippen molar-refractivity contribution in [3.63, 3.8) is 0 Å². The van der Waals surface area contributed by atoms with Crippen molar-refractivity contribution in [2.45, 2.75) is 16.3 Å². The summed E-state index contributed by atoms with van der Waals surface area (Å²) < 4.78 is 0. The fourth-order valence-electron chi connectivity index (χ4n) is 0.296. The average Bonchev–Trinajstić information content (AvgIpc) is 1.84. The molecule has 6 heteroatoms. The van der Waals surface area contributed by atoms with Crippen LogP contribution in [0.3, 0.4) is 0 Å². The van der Waals surface area contributed by atoms with E-state index in [1.807, 2.05) is 0 Å². The highest BCUT2D eigenvalue weighted by atomic mass is 35.5. The van der Waals surface area contributed by atoms with Crippen molar-refractivity contribution in [1.82, 2.24) is 0 Å². The fourth-order valence-corrected chi connectivity index (χ4v) is 0.881. The van der Waals surface area contributed by atoms with Gasteiger partial charge in [-0.1, -0.05) is 0 Å². The Bertz CT molecular complexity index is 130. The van der Waals surface area contributed by atoms with E-state index in [1.165, 1.54) is 0 Å². The van der Waals surface area contributed by atoms with Crippen LogP contribution in [0, 0.1) is 0 Å². The van der Waals surface area contributed by atoms with E-state index in [0.29, 0.717) is 0 Å². The fraction of sp³-hybridized carbons (Fsp3) is 0.750. The molecule has 0 radical (unpaired) electrons. The number of alkyl halides is 3. The highest BCUT2D eigenvalue weighted by Crippen LogP contribution is 2.14. The lowest BCUT2D eigenvalue weighted by Gasteiger charge is -2.13. The lowest BCUT2D eigenvalue weighted by molar-refractivity contribution is -0.119. The predicted octanol–water partition coefficient (Wildman–Crippen LogP) is 0.244. The predicted molar refractivity (Wildman–Crippen MR) is 40.3 cm³/mol. The molecular weight excluding hydrogens is 200 g/mol. The molecule has 0 heterocycles. The number of carbonyl (C=O) groups is 1. The number of amides is 1. The maximum absolute atomic E-state index is 10.3. The molecule has 0 aromatic rings. The van der Waals surface area contributed by atoms with Gasteiger partial charge in [0, 0.05) is 0 Å². The van der Waals surface area contributed by atoms with Gasteiger partial charge in [0.1, 0.15) is 16.3 Å². The van der Waals surface area contributed by atoms with Crippen LogP contribution in [0.4, 0.5) is 0 Å². The van der Waals surface area contributed by atoms with Gasteiger partial charge in [-0.3, -0.25) is 4.79 Å². The van der Waals surface area contributed by atoms with E-state index in [4.69, 9.17) is 45.6 Å². The van der Waals surface area contributed by atoms with Crippen LogP contribution in [0.2, 0.25) is 0 Å². The molecule has 0 aliphatic heterocycles. The summed E-state index contributed by atoms with van der Waals surface area (Å²) in [6, 6.07) is 0. The second-order valence-electron chi connectivity index (χ2n) is 1.63. The molecule has 0 saturated heterocycles. The Morgan fingerprint density at radius 1 is 1.40 bits per heavy atom. The topological polar surface area (TPSA) is 63.3 Å². The second kappa shape index (κ2) is 4.23. The average molecular weight is 206 g/mol. The maximum Gasteiger partial charge on any atom is 0.238 e. The van der Waals surface area contributed by atoms with Crippen molar-refractivity contribution in [3.8, 4) is 0 Å². The monoisotopic (exact) mass is 205 g/mol. The smallest absolute Gasteiger partial charge is 0.238 e. The van der Waals surface area contributed by atoms with Crippen molar-refractivity contribution >= 4 is 40.7 Å². The number of halogens is 3. The van der Waals surface area contributed by atoms with E-state index in [1.54, 1.807) is 0 Å². The third-order valence-electron chi connectivity index (χ3n) is 0.830. The van der Waals surface area contributed by atoms with Gasteiger partial charge in [-0.05, 0) is 0 Å². The lowest BCUT2D eigenvalue weighted by atomic mass is 10.3. The first-order chi connectivity index (χ1) is 4.46. The van der Waals surface area contributed by atoms with Gasteiger partial charge >= 0.3 is 0 Å². The number of rotatable bonds is 3. The molecule has 3 N–H and O–H groups in total. The third-order valence-corrected chi connectivity index (χ3v) is 1.82. The highest BCUT2D eigenvalue weighted by molar-refractivity contribution is 6.45. The van der Waals surface area contributed by atoms with Gasteiger partial charge in [0.25, 0.3) is 0 Å². The van der Waals surface area contributed by atoms with Gasteiger partial charge in [0.15, 0.2) is 0 Å². The Kier molecular flexibility index (Phi) is 4.36. The molecule has 0 rings (SSSR count). The Labute approximate surface area is 73.0 Å². The summed E-state index contributed by atoms with van der Waals surface area (Å²) in [6.07, 6.45) is -1.32. The Morgan fingerprint density at radius 3 is 1.90 bits per heavy atom. The number of aliphatic hydroxyl groups excluding tert-OH is 1. The molecule has 2 unspecified atom stereocenters. The zero-order valence-electron chi connectivity index (χ0n) is 4.80. The molecule has 0 saturated carbocycles. The first-order valence-corrected chi connectivity index (χ1v) is 3.67. The number of primary amides is 1. The molecule has 0 aromatic heterocycles. The van der Waals surface area contributed by atoms with E-state index in [-0.39, 0.29) is 0 Å². The van der Waals surface area contributed by atoms with E-state index in [0.717, 1.165) is 0 Å². The molecule has 0 spiro atoms. The quantitative estimate of drug-likeness (QED) is 0.650. The summed E-state index contributed by atoms with van der Waals surface area (Å²) in [5, 5.41) is 7.63. The zero-order valence-corrected chi connectivity index (χ0v) is 7.07. The van der Waals surface area contributed by atoms with Crippen LogP contribution in [-0.4, -0.2) is 27.3 Å². The number of hydrogen-bond acceptors (Lipinski definition) is 2. The van der Waals surface area contributed by atoms with Crippen molar-refractivity contribution in [2.24, 2.45) is 5.73 Å². The molecule has 10 heavy (non-hydrogen) atoms. The molecule has 0 fully saturated rings. The SMILES string of the molecule is NC(=O)C(Cl)C(O)C(Cl)Cl. The molecule has 0 aromatic carbocycles. The van der Waals surface area contributed by atoms with Crippen molar-refractivity contribution in [1.29, 1.82) is 0 Å². The first kappa shape index (κ1) is 10.3. The lowest BCUT2D eigenvalue weighted by Crippen LogP contribution is -2.38. The summed E-state index contributed by atoms with van der Waals surface area (Å²) in [6.45, 7) is 0. The van der Waals surface area contributed by atoms with Crippen molar-refractivity contribution in [2.75, 3.05) is 0 Å². The Morgan fingerprint density at radius 2 is 1.80 bits per heavy atom. The van der Waals surface area contributed by atoms with Crippen LogP contribution >= 0.6 is 34.8 Å². The maximum atomic E-state index is 10.3. The minimum absolute atomic E-state index is 0.847. The molecular formula is C4H6Cl3NO2. The van der Waals surface area contributed by atoms with Crippen LogP contribution in [0.15, 0.2) is 0 Å². The number of hydrogen-bond donors (Lipinski definition) is 2. The van der Waals surface area contributed by atoms with Crippen molar-refractivity contribution in [3.05, 3.63) is 0 Å².